The van der Waals surface area contributed by atoms with Crippen LogP contribution in [0.2, 0.25) is 0 Å². The maximum atomic E-state index is 16.8. The number of benzene rings is 3. The summed E-state index contributed by atoms with van der Waals surface area (Å²) in [5.74, 6) is 1.63. The van der Waals surface area contributed by atoms with Gasteiger partial charge in [-0.25, -0.2) is 13.2 Å². The maximum absolute atomic E-state index is 16.8. The van der Waals surface area contributed by atoms with Crippen LogP contribution in [-0.2, 0) is 0 Å². The monoisotopic (exact) mass is 599 g/mol. The zero-order valence-corrected chi connectivity index (χ0v) is 24.1. The number of aromatic hydroxyl groups is 1. The zero-order valence-electron chi connectivity index (χ0n) is 24.1. The van der Waals surface area contributed by atoms with Gasteiger partial charge in [-0.15, -0.1) is 6.42 Å². The van der Waals surface area contributed by atoms with E-state index in [1.165, 1.54) is 24.3 Å². The van der Waals surface area contributed by atoms with Gasteiger partial charge in [-0.1, -0.05) is 18.1 Å². The number of hydrogen-bond acceptors (Lipinski definition) is 7. The second-order valence-corrected chi connectivity index (χ2v) is 12.7. The fourth-order valence-corrected chi connectivity index (χ4v) is 8.01. The van der Waals surface area contributed by atoms with Gasteiger partial charge in [-0.2, -0.15) is 9.97 Å². The first-order chi connectivity index (χ1) is 21.3. The molecule has 6 heterocycles. The van der Waals surface area contributed by atoms with E-state index >= 15 is 4.39 Å². The average Bonchev–Trinajstić information content (AvgIpc) is 3.56. The molecule has 5 fully saturated rings. The molecule has 5 aliphatic rings. The van der Waals surface area contributed by atoms with Crippen LogP contribution >= 0.6 is 0 Å². The number of fused-ring (bicyclic) bond motifs is 6. The molecule has 1 aromatic heterocycles. The van der Waals surface area contributed by atoms with Crippen LogP contribution in [0.1, 0.15) is 37.7 Å². The Labute approximate surface area is 253 Å². The van der Waals surface area contributed by atoms with Crippen LogP contribution in [0.25, 0.3) is 32.8 Å². The first kappa shape index (κ1) is 27.5. The lowest BCUT2D eigenvalue weighted by Crippen LogP contribution is -2.61. The summed E-state index contributed by atoms with van der Waals surface area (Å²) in [4.78, 5) is 13.8. The lowest BCUT2D eigenvalue weighted by Gasteiger charge is -2.46. The third-order valence-corrected chi connectivity index (χ3v) is 10.1. The number of aromatic nitrogens is 2. The molecule has 5 saturated heterocycles. The SMILES string of the molecule is C#Cc1c(F)ccc2cc(O)cc(-c3ccc4c(N5C[C@@H]6CC[C@H]5CN6)nc(OC[C@@]56CCCN5C[C@H](F)C6)nc4c3F)c12. The Hall–Kier alpha value is -4.07. The van der Waals surface area contributed by atoms with Gasteiger partial charge in [-0.3, -0.25) is 4.90 Å². The number of piperazine rings is 1. The maximum Gasteiger partial charge on any atom is 0.319 e. The Bertz CT molecular complexity index is 1850. The zero-order chi connectivity index (χ0) is 30.2. The molecule has 2 N–H and O–H groups in total. The van der Waals surface area contributed by atoms with E-state index < -0.39 is 23.3 Å². The van der Waals surface area contributed by atoms with Gasteiger partial charge in [0.25, 0.3) is 0 Å². The van der Waals surface area contributed by atoms with Crippen LogP contribution in [-0.4, -0.2) is 76.6 Å². The van der Waals surface area contributed by atoms with Crippen molar-refractivity contribution in [1.82, 2.24) is 20.2 Å². The fourth-order valence-electron chi connectivity index (χ4n) is 8.01. The number of alkyl halides is 1. The van der Waals surface area contributed by atoms with E-state index in [0.717, 1.165) is 45.3 Å². The number of halogens is 3. The fraction of sp³-hybridized carbons (Fsp3) is 0.412. The Morgan fingerprint density at radius 2 is 2.00 bits per heavy atom. The number of nitrogens with zero attached hydrogens (tertiary/aromatic N) is 4. The third-order valence-electron chi connectivity index (χ3n) is 10.1. The summed E-state index contributed by atoms with van der Waals surface area (Å²) in [7, 11) is 0. The summed E-state index contributed by atoms with van der Waals surface area (Å²) < 4.78 is 52.3. The Morgan fingerprint density at radius 3 is 2.77 bits per heavy atom. The van der Waals surface area contributed by atoms with Crippen LogP contribution in [0.3, 0.4) is 0 Å². The van der Waals surface area contributed by atoms with Gasteiger partial charge >= 0.3 is 6.01 Å². The molecule has 0 spiro atoms. The molecule has 44 heavy (non-hydrogen) atoms. The van der Waals surface area contributed by atoms with Crippen molar-refractivity contribution in [1.29, 1.82) is 0 Å². The van der Waals surface area contributed by atoms with Crippen molar-refractivity contribution in [2.75, 3.05) is 37.7 Å². The Balaban J connectivity index is 1.29. The molecule has 4 aromatic rings. The highest BCUT2D eigenvalue weighted by molar-refractivity contribution is 6.04. The molecular weight excluding hydrogens is 567 g/mol. The molecule has 4 atom stereocenters. The van der Waals surface area contributed by atoms with E-state index in [0.29, 0.717) is 41.0 Å². The molecule has 3 aromatic carbocycles. The van der Waals surface area contributed by atoms with Crippen LogP contribution < -0.4 is 15.0 Å². The summed E-state index contributed by atoms with van der Waals surface area (Å²) in [6, 6.07) is 9.53. The van der Waals surface area contributed by atoms with Gasteiger partial charge in [-0.05, 0) is 67.4 Å². The lowest BCUT2D eigenvalue weighted by atomic mass is 9.92. The van der Waals surface area contributed by atoms with Crippen LogP contribution in [0.15, 0.2) is 36.4 Å². The number of anilines is 1. The van der Waals surface area contributed by atoms with Crippen molar-refractivity contribution in [2.24, 2.45) is 0 Å². The molecule has 226 valence electrons. The number of ether oxygens (including phenoxy) is 1. The topological polar surface area (TPSA) is 73.8 Å². The summed E-state index contributed by atoms with van der Waals surface area (Å²) in [6.45, 7) is 2.97. The van der Waals surface area contributed by atoms with Crippen LogP contribution in [0, 0.1) is 24.0 Å². The smallest absolute Gasteiger partial charge is 0.319 e. The molecule has 0 unspecified atom stereocenters. The minimum absolute atomic E-state index is 0.00987. The highest BCUT2D eigenvalue weighted by Gasteiger charge is 2.49. The summed E-state index contributed by atoms with van der Waals surface area (Å²) in [5.41, 5.74) is 0.0143. The number of phenolic OH excluding ortho intramolecular Hbond substituents is 1. The van der Waals surface area contributed by atoms with E-state index in [1.54, 1.807) is 12.1 Å². The second kappa shape index (κ2) is 10.2. The van der Waals surface area contributed by atoms with Gasteiger partial charge in [0.05, 0.1) is 11.1 Å². The van der Waals surface area contributed by atoms with Gasteiger partial charge in [0.2, 0.25) is 0 Å². The van der Waals surface area contributed by atoms with Gasteiger partial charge in [0, 0.05) is 54.5 Å². The predicted octanol–water partition coefficient (Wildman–Crippen LogP) is 5.31. The molecule has 2 bridgehead atoms. The highest BCUT2D eigenvalue weighted by Crippen LogP contribution is 2.43. The van der Waals surface area contributed by atoms with E-state index in [9.17, 15) is 13.9 Å². The molecule has 10 heteroatoms. The van der Waals surface area contributed by atoms with E-state index in [4.69, 9.17) is 16.1 Å². The first-order valence-electron chi connectivity index (χ1n) is 15.3. The minimum Gasteiger partial charge on any atom is -0.508 e. The molecule has 0 amide bonds. The van der Waals surface area contributed by atoms with Crippen molar-refractivity contribution in [3.05, 3.63) is 53.6 Å². The van der Waals surface area contributed by atoms with E-state index in [-0.39, 0.29) is 46.6 Å². The molecule has 5 aliphatic heterocycles. The Kier molecular flexibility index (Phi) is 6.40. The molecule has 0 radical (unpaired) electrons. The van der Waals surface area contributed by atoms with Crippen molar-refractivity contribution in [3.63, 3.8) is 0 Å². The number of phenols is 1. The second-order valence-electron chi connectivity index (χ2n) is 12.7. The minimum atomic E-state index is -0.904. The molecule has 9 rings (SSSR count). The number of hydrogen-bond donors (Lipinski definition) is 2. The molecule has 0 aliphatic carbocycles. The van der Waals surface area contributed by atoms with Crippen LogP contribution in [0.4, 0.5) is 19.0 Å². The third kappa shape index (κ3) is 4.28. The highest BCUT2D eigenvalue weighted by atomic mass is 19.1. The number of rotatable bonds is 5. The Morgan fingerprint density at radius 1 is 1.11 bits per heavy atom. The largest absolute Gasteiger partial charge is 0.508 e. The lowest BCUT2D eigenvalue weighted by molar-refractivity contribution is 0.107. The number of piperidine rings is 2. The molecular formula is C34H32F3N5O2. The average molecular weight is 600 g/mol. The van der Waals surface area contributed by atoms with Crippen LogP contribution in [0.5, 0.6) is 11.8 Å². The van der Waals surface area contributed by atoms with Gasteiger partial charge in [0.1, 0.15) is 35.7 Å². The first-order valence-corrected chi connectivity index (χ1v) is 15.3. The number of terminal acetylenes is 1. The summed E-state index contributed by atoms with van der Waals surface area (Å²) >= 11 is 0. The van der Waals surface area contributed by atoms with E-state index in [1.807, 2.05) is 0 Å². The van der Waals surface area contributed by atoms with E-state index in [2.05, 4.69) is 26.0 Å². The molecule has 0 saturated carbocycles. The van der Waals surface area contributed by atoms with Crippen molar-refractivity contribution < 1.29 is 23.0 Å². The van der Waals surface area contributed by atoms with Crippen molar-refractivity contribution in [2.45, 2.75) is 55.9 Å². The standard InChI is InChI=1S/C34H32F3N5O2/c1-2-24-28(36)9-4-19-12-23(43)13-27(29(19)24)25-7-8-26-31(30(25)37)39-33(40-32(26)42-17-21-5-6-22(42)15-38-21)44-18-34-10-3-11-41(34)16-20(35)14-34/h1,4,7-9,12-13,20-22,38,43H,3,5-6,10-11,14-18H2/t20-,21+,22+,34+/m1/s1. The normalized spacial score (nSPS) is 26.4. The predicted molar refractivity (Wildman–Crippen MR) is 163 cm³/mol. The summed E-state index contributed by atoms with van der Waals surface area (Å²) in [5, 5.41) is 15.4. The quantitative estimate of drug-likeness (QED) is 0.301. The molecule has 7 nitrogen and oxygen atoms in total. The summed E-state index contributed by atoms with van der Waals surface area (Å²) in [6.07, 6.45) is 9.03. The van der Waals surface area contributed by atoms with Crippen molar-refractivity contribution in [3.8, 4) is 35.2 Å². The number of nitrogens with one attached hydrogen (secondary N) is 1. The van der Waals surface area contributed by atoms with Gasteiger partial charge in [0.15, 0.2) is 5.82 Å². The van der Waals surface area contributed by atoms with Gasteiger partial charge < -0.3 is 20.1 Å². The van der Waals surface area contributed by atoms with Crippen molar-refractivity contribution >= 4 is 27.5 Å².